The van der Waals surface area contributed by atoms with Gasteiger partial charge >= 0.3 is 0 Å². The number of aromatic nitrogens is 2. The minimum atomic E-state index is 0.543. The van der Waals surface area contributed by atoms with Gasteiger partial charge in [0.05, 0.1) is 5.52 Å². The molecule has 1 aliphatic carbocycles. The average molecular weight is 703 g/mol. The summed E-state index contributed by atoms with van der Waals surface area (Å²) < 4.78 is 8.55. The second-order valence-corrected chi connectivity index (χ2v) is 15.1. The molecule has 2 heterocycles. The van der Waals surface area contributed by atoms with Gasteiger partial charge in [0.15, 0.2) is 5.58 Å². The van der Waals surface area contributed by atoms with Crippen LogP contribution < -0.4 is 0 Å². The van der Waals surface area contributed by atoms with Gasteiger partial charge in [-0.05, 0) is 130 Å². The zero-order valence-electron chi connectivity index (χ0n) is 31.6. The summed E-state index contributed by atoms with van der Waals surface area (Å²) in [4.78, 5) is 4.71. The molecule has 3 atom stereocenters. The Balaban J connectivity index is 1.08. The summed E-state index contributed by atoms with van der Waals surface area (Å²) in [6.07, 6.45) is 8.30. The molecule has 0 amide bonds. The predicted molar refractivity (Wildman–Crippen MR) is 227 cm³/mol. The van der Waals surface area contributed by atoms with Crippen molar-refractivity contribution in [3.8, 4) is 50.5 Å². The Bertz CT molecular complexity index is 2600. The lowest BCUT2D eigenvalue weighted by atomic mass is 9.82. The molecular weight excluding hydrogens is 657 g/mol. The van der Waals surface area contributed by atoms with Crippen LogP contribution in [-0.2, 0) is 6.42 Å². The summed E-state index contributed by atoms with van der Waals surface area (Å²) in [5, 5.41) is 1.41. The third kappa shape index (κ3) is 5.98. The zero-order valence-corrected chi connectivity index (χ0v) is 31.6. The monoisotopic (exact) mass is 702 g/mol. The minimum absolute atomic E-state index is 0.543. The van der Waals surface area contributed by atoms with Crippen LogP contribution in [0.2, 0.25) is 0 Å². The SMILES string of the molecule is CCC(C)c1ccc2c(c1)c1c(n2-c2ccc(-c3ccccc3-c3ccccc3-c3ccc(-c4nc5ccccc5o4)cc3)cc2)C=CC(C(C)CC)C1. The molecule has 54 heavy (non-hydrogen) atoms. The highest BCUT2D eigenvalue weighted by molar-refractivity contribution is 5.93. The van der Waals surface area contributed by atoms with Gasteiger partial charge < -0.3 is 8.98 Å². The van der Waals surface area contributed by atoms with Crippen molar-refractivity contribution >= 4 is 28.1 Å². The number of oxazole rings is 1. The van der Waals surface area contributed by atoms with Gasteiger partial charge in [0.25, 0.3) is 0 Å². The molecule has 9 rings (SSSR count). The number of hydrogen-bond donors (Lipinski definition) is 0. The van der Waals surface area contributed by atoms with E-state index in [-0.39, 0.29) is 0 Å². The fraction of sp³-hybridized carbons (Fsp3) is 0.196. The van der Waals surface area contributed by atoms with Crippen molar-refractivity contribution in [2.45, 2.75) is 52.9 Å². The Morgan fingerprint density at radius 2 is 1.28 bits per heavy atom. The number of benzene rings is 6. The van der Waals surface area contributed by atoms with E-state index in [2.05, 4.69) is 160 Å². The van der Waals surface area contributed by atoms with Gasteiger partial charge in [0, 0.05) is 22.3 Å². The number of allylic oxidation sites excluding steroid dienone is 1. The molecule has 266 valence electrons. The lowest BCUT2D eigenvalue weighted by molar-refractivity contribution is 0.413. The summed E-state index contributed by atoms with van der Waals surface area (Å²) in [6.45, 7) is 9.35. The van der Waals surface area contributed by atoms with E-state index in [4.69, 9.17) is 9.40 Å². The number of hydrogen-bond acceptors (Lipinski definition) is 2. The summed E-state index contributed by atoms with van der Waals surface area (Å²) >= 11 is 0. The van der Waals surface area contributed by atoms with Crippen LogP contribution in [-0.4, -0.2) is 9.55 Å². The first-order chi connectivity index (χ1) is 26.5. The van der Waals surface area contributed by atoms with Gasteiger partial charge in [-0.1, -0.05) is 131 Å². The largest absolute Gasteiger partial charge is 0.436 e. The second kappa shape index (κ2) is 14.1. The first kappa shape index (κ1) is 33.9. The number of para-hydroxylation sites is 2. The standard InChI is InChI=1S/C51H46N2O/c1-5-33(3)38-25-29-48-45(31-38)46-32-39(34(4)6-2)26-30-49(46)53(48)40-27-23-36(24-28-40)42-14-8-10-16-44(42)43-15-9-7-13-41(43)35-19-21-37(22-20-35)51-52-47-17-11-12-18-50(47)54-51/h7-31,33-34,39H,5-6,32H2,1-4H3. The van der Waals surface area contributed by atoms with Crippen LogP contribution in [0.25, 0.3) is 78.6 Å². The summed E-state index contributed by atoms with van der Waals surface area (Å²) in [6, 6.07) is 50.4. The maximum Gasteiger partial charge on any atom is 0.227 e. The molecule has 0 N–H and O–H groups in total. The fourth-order valence-corrected chi connectivity index (χ4v) is 8.33. The summed E-state index contributed by atoms with van der Waals surface area (Å²) in [7, 11) is 0. The van der Waals surface area contributed by atoms with Crippen LogP contribution in [0.15, 0.2) is 150 Å². The topological polar surface area (TPSA) is 31.0 Å². The van der Waals surface area contributed by atoms with Crippen molar-refractivity contribution < 1.29 is 4.42 Å². The van der Waals surface area contributed by atoms with E-state index in [9.17, 15) is 0 Å². The van der Waals surface area contributed by atoms with Gasteiger partial charge in [-0.15, -0.1) is 0 Å². The van der Waals surface area contributed by atoms with Gasteiger partial charge in [0.1, 0.15) is 5.52 Å². The molecule has 0 bridgehead atoms. The van der Waals surface area contributed by atoms with E-state index in [1.165, 1.54) is 67.6 Å². The van der Waals surface area contributed by atoms with E-state index in [0.717, 1.165) is 35.1 Å². The highest BCUT2D eigenvalue weighted by Gasteiger charge is 2.26. The van der Waals surface area contributed by atoms with Crippen molar-refractivity contribution in [2.75, 3.05) is 0 Å². The minimum Gasteiger partial charge on any atom is -0.436 e. The smallest absolute Gasteiger partial charge is 0.227 e. The fourth-order valence-electron chi connectivity index (χ4n) is 8.33. The lowest BCUT2D eigenvalue weighted by Gasteiger charge is -2.24. The maximum absolute atomic E-state index is 6.06. The van der Waals surface area contributed by atoms with E-state index in [0.29, 0.717) is 23.6 Å². The predicted octanol–water partition coefficient (Wildman–Crippen LogP) is 14.2. The van der Waals surface area contributed by atoms with Crippen molar-refractivity contribution in [1.82, 2.24) is 9.55 Å². The van der Waals surface area contributed by atoms with Crippen LogP contribution in [0.3, 0.4) is 0 Å². The van der Waals surface area contributed by atoms with Gasteiger partial charge in [0.2, 0.25) is 5.89 Å². The molecule has 0 spiro atoms. The van der Waals surface area contributed by atoms with Crippen LogP contribution in [0.4, 0.5) is 0 Å². The van der Waals surface area contributed by atoms with Crippen molar-refractivity contribution in [1.29, 1.82) is 0 Å². The number of rotatable bonds is 9. The molecule has 1 aliphatic rings. The molecular formula is C51H46N2O. The highest BCUT2D eigenvalue weighted by atomic mass is 16.3. The lowest BCUT2D eigenvalue weighted by Crippen LogP contribution is -2.15. The molecule has 2 aromatic heterocycles. The second-order valence-electron chi connectivity index (χ2n) is 15.1. The normalized spacial score (nSPS) is 15.1. The number of nitrogens with zero attached hydrogens (tertiary/aromatic N) is 2. The first-order valence-corrected chi connectivity index (χ1v) is 19.6. The van der Waals surface area contributed by atoms with E-state index in [1.807, 2.05) is 24.3 Å². The molecule has 8 aromatic rings. The molecule has 0 fully saturated rings. The van der Waals surface area contributed by atoms with E-state index < -0.39 is 0 Å². The molecule has 3 heteroatoms. The molecule has 6 aromatic carbocycles. The van der Waals surface area contributed by atoms with Crippen LogP contribution in [0, 0.1) is 11.8 Å². The first-order valence-electron chi connectivity index (χ1n) is 19.6. The highest BCUT2D eigenvalue weighted by Crippen LogP contribution is 2.41. The zero-order chi connectivity index (χ0) is 36.8. The van der Waals surface area contributed by atoms with Crippen LogP contribution >= 0.6 is 0 Å². The van der Waals surface area contributed by atoms with E-state index in [1.54, 1.807) is 0 Å². The van der Waals surface area contributed by atoms with Crippen molar-refractivity contribution in [3.63, 3.8) is 0 Å². The van der Waals surface area contributed by atoms with Crippen molar-refractivity contribution in [3.05, 3.63) is 162 Å². The summed E-state index contributed by atoms with van der Waals surface area (Å²) in [5.41, 5.74) is 16.6. The molecule has 0 aliphatic heterocycles. The third-order valence-electron chi connectivity index (χ3n) is 12.0. The molecule has 3 unspecified atom stereocenters. The third-order valence-corrected chi connectivity index (χ3v) is 12.0. The van der Waals surface area contributed by atoms with E-state index >= 15 is 0 Å². The Hall–Kier alpha value is -5.93. The van der Waals surface area contributed by atoms with Gasteiger partial charge in [-0.3, -0.25) is 0 Å². The Morgan fingerprint density at radius 3 is 1.93 bits per heavy atom. The molecule has 0 radical (unpaired) electrons. The molecule has 0 saturated carbocycles. The Morgan fingerprint density at radius 1 is 0.667 bits per heavy atom. The number of fused-ring (bicyclic) bond motifs is 4. The summed E-state index contributed by atoms with van der Waals surface area (Å²) in [5.74, 6) is 2.42. The Kier molecular flexibility index (Phi) is 8.87. The quantitative estimate of drug-likeness (QED) is 0.150. The van der Waals surface area contributed by atoms with Crippen molar-refractivity contribution in [2.24, 2.45) is 11.8 Å². The maximum atomic E-state index is 6.06. The Labute approximate surface area is 318 Å². The molecule has 3 nitrogen and oxygen atoms in total. The van der Waals surface area contributed by atoms with Gasteiger partial charge in [-0.25, -0.2) is 4.98 Å². The average Bonchev–Trinajstić information content (AvgIpc) is 3.82. The van der Waals surface area contributed by atoms with Crippen LogP contribution in [0.5, 0.6) is 0 Å². The molecule has 0 saturated heterocycles. The van der Waals surface area contributed by atoms with Crippen LogP contribution in [0.1, 0.15) is 63.3 Å². The van der Waals surface area contributed by atoms with Gasteiger partial charge in [-0.2, -0.15) is 0 Å².